The van der Waals surface area contributed by atoms with Crippen molar-refractivity contribution < 1.29 is 0 Å². The Bertz CT molecular complexity index is 399. The molecule has 2 unspecified atom stereocenters. The van der Waals surface area contributed by atoms with Crippen LogP contribution in [0.1, 0.15) is 92.4 Å². The Labute approximate surface area is 151 Å². The molecule has 0 bridgehead atoms. The third-order valence-electron chi connectivity index (χ3n) is 7.37. The Balaban J connectivity index is 1.57. The van der Waals surface area contributed by atoms with Gasteiger partial charge in [-0.3, -0.25) is 9.80 Å². The summed E-state index contributed by atoms with van der Waals surface area (Å²) in [6.07, 6.45) is 13.1. The van der Waals surface area contributed by atoms with Crippen molar-refractivity contribution in [3.8, 4) is 0 Å². The smallest absolute Gasteiger partial charge is 0.0158 e. The summed E-state index contributed by atoms with van der Waals surface area (Å²) in [4.78, 5) is 5.64. The first kappa shape index (κ1) is 18.7. The first-order valence-corrected chi connectivity index (χ1v) is 10.8. The first-order valence-electron chi connectivity index (χ1n) is 10.8. The van der Waals surface area contributed by atoms with Crippen LogP contribution in [0.2, 0.25) is 0 Å². The van der Waals surface area contributed by atoms with Gasteiger partial charge in [0.15, 0.2) is 0 Å². The Morgan fingerprint density at radius 3 is 2.04 bits per heavy atom. The maximum absolute atomic E-state index is 2.95. The van der Waals surface area contributed by atoms with E-state index in [9.17, 15) is 0 Å². The quantitative estimate of drug-likeness (QED) is 0.689. The minimum absolute atomic E-state index is 0.350. The molecule has 3 fully saturated rings. The molecule has 3 aliphatic rings. The Morgan fingerprint density at radius 1 is 0.750 bits per heavy atom. The number of likely N-dealkylation sites (tertiary alicyclic amines) is 2. The summed E-state index contributed by atoms with van der Waals surface area (Å²) in [5, 5.41) is 0. The molecule has 1 aliphatic carbocycles. The predicted molar refractivity (Wildman–Crippen MR) is 104 cm³/mol. The van der Waals surface area contributed by atoms with E-state index < -0.39 is 0 Å². The van der Waals surface area contributed by atoms with Gasteiger partial charge in [-0.2, -0.15) is 0 Å². The van der Waals surface area contributed by atoms with Crippen LogP contribution < -0.4 is 0 Å². The molecule has 0 N–H and O–H groups in total. The largest absolute Gasteiger partial charge is 0.298 e. The maximum Gasteiger partial charge on any atom is 0.0158 e. The third kappa shape index (κ3) is 4.18. The molecular weight excluding hydrogens is 292 g/mol. The van der Waals surface area contributed by atoms with Crippen molar-refractivity contribution in [3.63, 3.8) is 0 Å². The van der Waals surface area contributed by atoms with Crippen molar-refractivity contribution in [3.05, 3.63) is 0 Å². The molecule has 2 heteroatoms. The minimum atomic E-state index is 0.350. The van der Waals surface area contributed by atoms with Crippen molar-refractivity contribution in [2.24, 2.45) is 11.8 Å². The van der Waals surface area contributed by atoms with Crippen LogP contribution in [0.4, 0.5) is 0 Å². The number of fused-ring (bicyclic) bond motifs is 1. The number of hydrogen-bond donors (Lipinski definition) is 0. The van der Waals surface area contributed by atoms with Crippen molar-refractivity contribution in [1.29, 1.82) is 0 Å². The molecular formula is C22H42N2. The fraction of sp³-hybridized carbons (Fsp3) is 1.00. The minimum Gasteiger partial charge on any atom is -0.298 e. The first-order chi connectivity index (χ1) is 11.3. The second-order valence-electron chi connectivity index (χ2n) is 10.6. The second-order valence-corrected chi connectivity index (χ2v) is 10.6. The van der Waals surface area contributed by atoms with E-state index in [1.807, 2.05) is 0 Å². The van der Waals surface area contributed by atoms with E-state index in [0.717, 1.165) is 17.9 Å². The van der Waals surface area contributed by atoms with Crippen LogP contribution >= 0.6 is 0 Å². The topological polar surface area (TPSA) is 6.48 Å². The summed E-state index contributed by atoms with van der Waals surface area (Å²) >= 11 is 0. The Morgan fingerprint density at radius 2 is 1.38 bits per heavy atom. The van der Waals surface area contributed by atoms with Gasteiger partial charge in [0.1, 0.15) is 0 Å². The number of rotatable bonds is 3. The van der Waals surface area contributed by atoms with E-state index >= 15 is 0 Å². The highest BCUT2D eigenvalue weighted by molar-refractivity contribution is 4.96. The lowest BCUT2D eigenvalue weighted by Gasteiger charge is -2.53. The van der Waals surface area contributed by atoms with Crippen molar-refractivity contribution in [2.45, 2.75) is 110 Å². The van der Waals surface area contributed by atoms with Gasteiger partial charge in [-0.05, 0) is 111 Å². The van der Waals surface area contributed by atoms with Crippen LogP contribution in [0, 0.1) is 11.8 Å². The number of piperidine rings is 2. The van der Waals surface area contributed by atoms with E-state index in [1.54, 1.807) is 0 Å². The highest BCUT2D eigenvalue weighted by atomic mass is 15.2. The third-order valence-corrected chi connectivity index (χ3v) is 7.37. The Hall–Kier alpha value is -0.0800. The lowest BCUT2D eigenvalue weighted by molar-refractivity contribution is -0.0297. The molecule has 0 spiro atoms. The molecule has 140 valence electrons. The molecule has 0 amide bonds. The van der Waals surface area contributed by atoms with Gasteiger partial charge in [0.05, 0.1) is 0 Å². The van der Waals surface area contributed by atoms with Gasteiger partial charge < -0.3 is 0 Å². The van der Waals surface area contributed by atoms with E-state index in [4.69, 9.17) is 0 Å². The molecule has 0 radical (unpaired) electrons. The molecule has 2 nitrogen and oxygen atoms in total. The van der Waals surface area contributed by atoms with E-state index in [0.29, 0.717) is 11.1 Å². The van der Waals surface area contributed by atoms with Crippen LogP contribution in [-0.2, 0) is 0 Å². The van der Waals surface area contributed by atoms with Gasteiger partial charge in [0.25, 0.3) is 0 Å². The highest BCUT2D eigenvalue weighted by Gasteiger charge is 2.41. The van der Waals surface area contributed by atoms with Crippen LogP contribution in [0.5, 0.6) is 0 Å². The fourth-order valence-corrected chi connectivity index (χ4v) is 6.01. The zero-order valence-electron chi connectivity index (χ0n) is 17.1. The predicted octanol–water partition coefficient (Wildman–Crippen LogP) is 5.32. The number of nitrogens with zero attached hydrogens (tertiary/aromatic N) is 2. The zero-order valence-corrected chi connectivity index (χ0v) is 17.1. The van der Waals surface area contributed by atoms with Crippen molar-refractivity contribution in [2.75, 3.05) is 19.6 Å². The number of hydrogen-bond acceptors (Lipinski definition) is 2. The van der Waals surface area contributed by atoms with Crippen molar-refractivity contribution in [1.82, 2.24) is 9.80 Å². The maximum atomic E-state index is 2.95. The van der Waals surface area contributed by atoms with Gasteiger partial charge >= 0.3 is 0 Å². The molecule has 0 aromatic heterocycles. The molecule has 2 heterocycles. The normalized spacial score (nSPS) is 31.9. The molecule has 0 aromatic carbocycles. The second kappa shape index (κ2) is 7.27. The molecule has 3 rings (SSSR count). The van der Waals surface area contributed by atoms with Gasteiger partial charge in [0.2, 0.25) is 0 Å². The van der Waals surface area contributed by atoms with Gasteiger partial charge in [-0.1, -0.05) is 12.8 Å². The van der Waals surface area contributed by atoms with Crippen molar-refractivity contribution >= 4 is 0 Å². The van der Waals surface area contributed by atoms with E-state index in [2.05, 4.69) is 44.4 Å². The van der Waals surface area contributed by atoms with E-state index in [1.165, 1.54) is 77.4 Å². The van der Waals surface area contributed by atoms with Gasteiger partial charge in [-0.25, -0.2) is 0 Å². The van der Waals surface area contributed by atoms with Crippen LogP contribution in [0.15, 0.2) is 0 Å². The monoisotopic (exact) mass is 334 g/mol. The average molecular weight is 335 g/mol. The van der Waals surface area contributed by atoms with Crippen LogP contribution in [0.3, 0.4) is 0 Å². The van der Waals surface area contributed by atoms with Gasteiger partial charge in [0, 0.05) is 17.1 Å². The summed E-state index contributed by atoms with van der Waals surface area (Å²) in [5.74, 6) is 1.94. The lowest BCUT2D eigenvalue weighted by atomic mass is 9.74. The molecule has 2 atom stereocenters. The van der Waals surface area contributed by atoms with Crippen LogP contribution in [-0.4, -0.2) is 46.6 Å². The molecule has 0 aromatic rings. The average Bonchev–Trinajstić information content (AvgIpc) is 2.53. The summed E-state index contributed by atoms with van der Waals surface area (Å²) in [5.41, 5.74) is 0.748. The lowest BCUT2D eigenvalue weighted by Crippen LogP contribution is -2.57. The summed E-state index contributed by atoms with van der Waals surface area (Å²) in [6.45, 7) is 16.2. The Kier molecular flexibility index (Phi) is 5.67. The SMILES string of the molecule is CC(C)(C)N1CCC(CC(C)(C)N2CCCC3CCCCC32)CC1. The zero-order chi connectivity index (χ0) is 17.4. The van der Waals surface area contributed by atoms with Gasteiger partial charge in [-0.15, -0.1) is 0 Å². The molecule has 2 aliphatic heterocycles. The van der Waals surface area contributed by atoms with Crippen LogP contribution in [0.25, 0.3) is 0 Å². The summed E-state index contributed by atoms with van der Waals surface area (Å²) in [7, 11) is 0. The molecule has 1 saturated carbocycles. The fourth-order valence-electron chi connectivity index (χ4n) is 6.01. The molecule has 2 saturated heterocycles. The summed E-state index contributed by atoms with van der Waals surface area (Å²) in [6, 6.07) is 0.900. The highest BCUT2D eigenvalue weighted by Crippen LogP contribution is 2.41. The summed E-state index contributed by atoms with van der Waals surface area (Å²) < 4.78 is 0. The standard InChI is InChI=1S/C22H42N2/c1-21(2,3)23-15-12-18(13-16-23)17-22(4,5)24-14-8-10-19-9-6-7-11-20(19)24/h18-20H,6-17H2,1-5H3. The van der Waals surface area contributed by atoms with E-state index in [-0.39, 0.29) is 0 Å². The molecule has 24 heavy (non-hydrogen) atoms.